The number of carbonyl (C=O) groups is 1. The number of rotatable bonds is 10. The molecule has 216 valence electrons. The molecule has 0 saturated carbocycles. The summed E-state index contributed by atoms with van der Waals surface area (Å²) < 4.78 is 16.3. The van der Waals surface area contributed by atoms with Crippen molar-refractivity contribution in [1.82, 2.24) is 9.97 Å². The Balaban J connectivity index is 1.32. The second-order valence-electron chi connectivity index (χ2n) is 9.55. The molecule has 0 bridgehead atoms. The zero-order chi connectivity index (χ0) is 29.8. The molecule has 11 heteroatoms. The highest BCUT2D eigenvalue weighted by Crippen LogP contribution is 2.43. The third-order valence-electron chi connectivity index (χ3n) is 6.57. The lowest BCUT2D eigenvalue weighted by Crippen LogP contribution is -2.15. The SMILES string of the molecule is COc1cc(Nc2nc(N)c(-c3nc(-c4cccc(NC(=O)Cc5cc(C)ccc5C)c4)cs3)s2)cc(OC)c1OC. The Bertz CT molecular complexity index is 1720. The molecule has 3 aromatic carbocycles. The molecule has 0 aliphatic carbocycles. The topological polar surface area (TPSA) is 121 Å². The summed E-state index contributed by atoms with van der Waals surface area (Å²) in [5.74, 6) is 1.87. The number of hydrogen-bond acceptors (Lipinski definition) is 10. The Morgan fingerprint density at radius 1 is 0.929 bits per heavy atom. The number of ether oxygens (including phenoxy) is 3. The van der Waals surface area contributed by atoms with Crippen LogP contribution in [0.15, 0.2) is 60.0 Å². The van der Waals surface area contributed by atoms with Gasteiger partial charge in [0.1, 0.15) is 15.7 Å². The fourth-order valence-electron chi connectivity index (χ4n) is 4.45. The number of carbonyl (C=O) groups excluding carboxylic acids is 1. The minimum Gasteiger partial charge on any atom is -0.493 e. The molecule has 9 nitrogen and oxygen atoms in total. The highest BCUT2D eigenvalue weighted by molar-refractivity contribution is 7.23. The number of anilines is 4. The molecule has 0 unspecified atom stereocenters. The van der Waals surface area contributed by atoms with Crippen LogP contribution in [0, 0.1) is 13.8 Å². The van der Waals surface area contributed by atoms with Crippen molar-refractivity contribution in [2.75, 3.05) is 37.7 Å². The number of nitrogen functional groups attached to an aromatic ring is 1. The number of hydrogen-bond donors (Lipinski definition) is 3. The van der Waals surface area contributed by atoms with Crippen LogP contribution >= 0.6 is 22.7 Å². The van der Waals surface area contributed by atoms with Crippen molar-refractivity contribution < 1.29 is 19.0 Å². The number of benzene rings is 3. The number of nitrogens with zero attached hydrogens (tertiary/aromatic N) is 2. The van der Waals surface area contributed by atoms with E-state index in [1.807, 2.05) is 49.6 Å². The van der Waals surface area contributed by atoms with Crippen LogP contribution in [0.2, 0.25) is 0 Å². The average molecular weight is 602 g/mol. The normalized spacial score (nSPS) is 10.8. The first-order valence-corrected chi connectivity index (χ1v) is 14.7. The Morgan fingerprint density at radius 2 is 1.69 bits per heavy atom. The summed E-state index contributed by atoms with van der Waals surface area (Å²) in [7, 11) is 4.69. The maximum Gasteiger partial charge on any atom is 0.228 e. The van der Waals surface area contributed by atoms with E-state index < -0.39 is 0 Å². The summed E-state index contributed by atoms with van der Waals surface area (Å²) in [4.78, 5) is 22.9. The molecule has 42 heavy (non-hydrogen) atoms. The predicted octanol–water partition coefficient (Wildman–Crippen LogP) is 7.08. The van der Waals surface area contributed by atoms with Gasteiger partial charge in [-0.1, -0.05) is 47.2 Å². The van der Waals surface area contributed by atoms with E-state index in [2.05, 4.69) is 27.8 Å². The van der Waals surface area contributed by atoms with Crippen molar-refractivity contribution >= 4 is 50.9 Å². The van der Waals surface area contributed by atoms with E-state index >= 15 is 0 Å². The number of aromatic nitrogens is 2. The van der Waals surface area contributed by atoms with Crippen LogP contribution in [0.4, 0.5) is 22.3 Å². The van der Waals surface area contributed by atoms with Gasteiger partial charge in [0.15, 0.2) is 16.6 Å². The summed E-state index contributed by atoms with van der Waals surface area (Å²) in [5.41, 5.74) is 12.7. The predicted molar refractivity (Wildman–Crippen MR) is 171 cm³/mol. The van der Waals surface area contributed by atoms with E-state index in [1.54, 1.807) is 33.5 Å². The van der Waals surface area contributed by atoms with E-state index in [9.17, 15) is 4.79 Å². The molecule has 5 rings (SSSR count). The van der Waals surface area contributed by atoms with E-state index in [-0.39, 0.29) is 5.91 Å². The Kier molecular flexibility index (Phi) is 8.60. The maximum atomic E-state index is 12.8. The molecule has 1 amide bonds. The summed E-state index contributed by atoms with van der Waals surface area (Å²) in [6.07, 6.45) is 0.315. The molecule has 0 aliphatic heterocycles. The van der Waals surface area contributed by atoms with Gasteiger partial charge < -0.3 is 30.6 Å². The van der Waals surface area contributed by atoms with E-state index in [0.717, 1.165) is 37.8 Å². The zero-order valence-corrected chi connectivity index (χ0v) is 25.5. The number of amides is 1. The molecular weight excluding hydrogens is 571 g/mol. The number of nitrogens with one attached hydrogen (secondary N) is 2. The van der Waals surface area contributed by atoms with Crippen molar-refractivity contribution in [2.24, 2.45) is 0 Å². The molecule has 0 atom stereocenters. The van der Waals surface area contributed by atoms with Gasteiger partial charge in [-0.15, -0.1) is 11.3 Å². The zero-order valence-electron chi connectivity index (χ0n) is 23.9. The van der Waals surface area contributed by atoms with Gasteiger partial charge in [0.05, 0.1) is 33.4 Å². The van der Waals surface area contributed by atoms with Crippen molar-refractivity contribution in [1.29, 1.82) is 0 Å². The van der Waals surface area contributed by atoms with Gasteiger partial charge in [-0.3, -0.25) is 4.79 Å². The molecule has 5 aromatic rings. The van der Waals surface area contributed by atoms with Gasteiger partial charge in [-0.25, -0.2) is 9.97 Å². The smallest absolute Gasteiger partial charge is 0.228 e. The second kappa shape index (κ2) is 12.5. The largest absolute Gasteiger partial charge is 0.493 e. The molecule has 4 N–H and O–H groups in total. The number of aryl methyl sites for hydroxylation is 2. The Hall–Kier alpha value is -4.61. The summed E-state index contributed by atoms with van der Waals surface area (Å²) in [6, 6.07) is 17.4. The second-order valence-corrected chi connectivity index (χ2v) is 11.4. The van der Waals surface area contributed by atoms with Crippen LogP contribution in [0.3, 0.4) is 0 Å². The number of thiazole rings is 2. The van der Waals surface area contributed by atoms with Crippen LogP contribution < -0.4 is 30.6 Å². The lowest BCUT2D eigenvalue weighted by Gasteiger charge is -2.14. The molecular formula is C31H31N5O4S2. The standard InChI is InChI=1S/C31H31N5O4S2/c1-17-9-10-18(2)20(11-17)13-26(37)33-21-8-6-7-19(12-21)23-16-41-30(35-23)28-29(32)36-31(42-28)34-22-14-24(38-3)27(40-5)25(15-22)39-4/h6-12,14-16H,13,32H2,1-5H3,(H,33,37)(H,34,36). The molecule has 2 aromatic heterocycles. The molecule has 0 saturated heterocycles. The van der Waals surface area contributed by atoms with Crippen molar-refractivity contribution in [3.8, 4) is 38.4 Å². The van der Waals surface area contributed by atoms with Gasteiger partial charge in [0.25, 0.3) is 0 Å². The maximum absolute atomic E-state index is 12.8. The molecule has 0 aliphatic rings. The molecule has 2 heterocycles. The first-order chi connectivity index (χ1) is 20.3. The van der Waals surface area contributed by atoms with Crippen LogP contribution in [0.25, 0.3) is 21.1 Å². The summed E-state index contributed by atoms with van der Waals surface area (Å²) >= 11 is 2.88. The van der Waals surface area contributed by atoms with Gasteiger partial charge in [-0.2, -0.15) is 0 Å². The first-order valence-electron chi connectivity index (χ1n) is 13.0. The van der Waals surface area contributed by atoms with Crippen molar-refractivity contribution in [3.63, 3.8) is 0 Å². The Morgan fingerprint density at radius 3 is 2.40 bits per heavy atom. The van der Waals surface area contributed by atoms with Crippen LogP contribution in [-0.4, -0.2) is 37.2 Å². The molecule has 0 radical (unpaired) electrons. The van der Waals surface area contributed by atoms with Gasteiger partial charge >= 0.3 is 0 Å². The quantitative estimate of drug-likeness (QED) is 0.155. The van der Waals surface area contributed by atoms with E-state index in [1.165, 1.54) is 22.7 Å². The van der Waals surface area contributed by atoms with Crippen molar-refractivity contribution in [2.45, 2.75) is 20.3 Å². The van der Waals surface area contributed by atoms with Crippen molar-refractivity contribution in [3.05, 3.63) is 76.7 Å². The van der Waals surface area contributed by atoms with Gasteiger partial charge in [-0.05, 0) is 37.1 Å². The average Bonchev–Trinajstić information content (AvgIpc) is 3.61. The van der Waals surface area contributed by atoms with Gasteiger partial charge in [0, 0.05) is 34.5 Å². The number of methoxy groups -OCH3 is 3. The highest BCUT2D eigenvalue weighted by atomic mass is 32.1. The minimum atomic E-state index is -0.0654. The van der Waals surface area contributed by atoms with Crippen LogP contribution in [0.5, 0.6) is 17.2 Å². The fourth-order valence-corrected chi connectivity index (χ4v) is 6.28. The number of nitrogens with two attached hydrogens (primary N) is 1. The lowest BCUT2D eigenvalue weighted by atomic mass is 10.0. The fraction of sp³-hybridized carbons (Fsp3) is 0.194. The first kappa shape index (κ1) is 28.9. The summed E-state index contributed by atoms with van der Waals surface area (Å²) in [5, 5.41) is 9.61. The molecule has 0 spiro atoms. The minimum absolute atomic E-state index is 0.0654. The highest BCUT2D eigenvalue weighted by Gasteiger charge is 2.18. The van der Waals surface area contributed by atoms with Crippen LogP contribution in [-0.2, 0) is 11.2 Å². The third kappa shape index (κ3) is 6.32. The van der Waals surface area contributed by atoms with Gasteiger partial charge in [0.2, 0.25) is 11.7 Å². The molecule has 0 fully saturated rings. The summed E-state index contributed by atoms with van der Waals surface area (Å²) in [6.45, 7) is 4.05. The van der Waals surface area contributed by atoms with E-state index in [0.29, 0.717) is 46.0 Å². The van der Waals surface area contributed by atoms with Crippen LogP contribution in [0.1, 0.15) is 16.7 Å². The van der Waals surface area contributed by atoms with E-state index in [4.69, 9.17) is 24.9 Å². The third-order valence-corrected chi connectivity index (χ3v) is 8.55. The Labute approximate surface area is 252 Å². The lowest BCUT2D eigenvalue weighted by molar-refractivity contribution is -0.115. The monoisotopic (exact) mass is 601 g/mol.